The van der Waals surface area contributed by atoms with Crippen LogP contribution in [0.1, 0.15) is 28.8 Å². The molecule has 0 atom stereocenters. The predicted octanol–water partition coefficient (Wildman–Crippen LogP) is 4.19. The Morgan fingerprint density at radius 3 is 2.59 bits per heavy atom. The van der Waals surface area contributed by atoms with E-state index in [0.29, 0.717) is 17.3 Å². The molecule has 0 radical (unpaired) electrons. The molecule has 1 heterocycles. The van der Waals surface area contributed by atoms with Gasteiger partial charge in [0.25, 0.3) is 5.91 Å². The largest absolute Gasteiger partial charge is 0.573 e. The van der Waals surface area contributed by atoms with Crippen LogP contribution < -0.4 is 4.74 Å². The highest BCUT2D eigenvalue weighted by molar-refractivity contribution is 9.10. The molecule has 1 aliphatic rings. The summed E-state index contributed by atoms with van der Waals surface area (Å²) in [6, 6.07) is 3.54. The van der Waals surface area contributed by atoms with Crippen molar-refractivity contribution < 1.29 is 36.6 Å². The molecule has 0 bridgehead atoms. The Hall–Kier alpha value is -2.27. The molecular weight excluding hydrogens is 467 g/mol. The number of nitrogens with zero attached hydrogens (tertiary/aromatic N) is 2. The summed E-state index contributed by atoms with van der Waals surface area (Å²) in [5.74, 6) is -3.51. The molecule has 1 saturated carbocycles. The van der Waals surface area contributed by atoms with Crippen LogP contribution in [0.2, 0.25) is 0 Å². The lowest BCUT2D eigenvalue weighted by molar-refractivity contribution is -0.274. The van der Waals surface area contributed by atoms with E-state index in [1.807, 2.05) is 0 Å². The third kappa shape index (κ3) is 5.63. The molecule has 156 valence electrons. The number of hydrogen-bond donors (Lipinski definition) is 1. The highest BCUT2D eigenvalue weighted by Gasteiger charge is 2.43. The zero-order valence-corrected chi connectivity index (χ0v) is 16.2. The standard InChI is InChI=1S/C18H14BrF5N2O3/c19-11-6-13(15(21)25-7-11)16(27)26(9-17(28)3-4-17)8-10-5-12(1-2-14(10)20)29-18(22,23)24/h1-2,5-7,28H,3-4,8-9H2. The SMILES string of the molecule is O=C(c1cc(Br)cnc1F)N(Cc1cc(OC(F)(F)F)ccc1F)CC1(O)CC1. The van der Waals surface area contributed by atoms with Gasteiger partial charge in [-0.2, -0.15) is 4.39 Å². The van der Waals surface area contributed by atoms with E-state index in [9.17, 15) is 31.9 Å². The third-order valence-electron chi connectivity index (χ3n) is 4.25. The monoisotopic (exact) mass is 480 g/mol. The van der Waals surface area contributed by atoms with E-state index in [0.717, 1.165) is 29.3 Å². The molecule has 1 aromatic carbocycles. The Labute approximate surface area is 170 Å². The van der Waals surface area contributed by atoms with Gasteiger partial charge in [0.2, 0.25) is 5.95 Å². The molecule has 0 aliphatic heterocycles. The normalized spacial score (nSPS) is 15.1. The van der Waals surface area contributed by atoms with Gasteiger partial charge in [0.15, 0.2) is 0 Å². The second-order valence-corrected chi connectivity index (χ2v) is 7.59. The van der Waals surface area contributed by atoms with Gasteiger partial charge in [0, 0.05) is 22.8 Å². The fourth-order valence-electron chi connectivity index (χ4n) is 2.68. The molecule has 11 heteroatoms. The quantitative estimate of drug-likeness (QED) is 0.497. The summed E-state index contributed by atoms with van der Waals surface area (Å²) < 4.78 is 69.6. The highest BCUT2D eigenvalue weighted by Crippen LogP contribution is 2.37. The van der Waals surface area contributed by atoms with Gasteiger partial charge in [-0.1, -0.05) is 0 Å². The summed E-state index contributed by atoms with van der Waals surface area (Å²) in [5, 5.41) is 10.2. The number of aliphatic hydroxyl groups is 1. The van der Waals surface area contributed by atoms with Gasteiger partial charge in [-0.3, -0.25) is 4.79 Å². The van der Waals surface area contributed by atoms with Gasteiger partial charge < -0.3 is 14.7 Å². The van der Waals surface area contributed by atoms with E-state index < -0.39 is 47.5 Å². The molecular formula is C18H14BrF5N2O3. The zero-order valence-electron chi connectivity index (χ0n) is 14.6. The van der Waals surface area contributed by atoms with Crippen molar-refractivity contribution in [3.05, 3.63) is 57.8 Å². The molecule has 1 amide bonds. The topological polar surface area (TPSA) is 62.7 Å². The smallest absolute Gasteiger partial charge is 0.406 e. The number of benzene rings is 1. The molecule has 1 fully saturated rings. The Kier molecular flexibility index (Phi) is 5.81. The summed E-state index contributed by atoms with van der Waals surface area (Å²) in [7, 11) is 0. The highest BCUT2D eigenvalue weighted by atomic mass is 79.9. The Balaban J connectivity index is 1.91. The minimum absolute atomic E-state index is 0.248. The fraction of sp³-hybridized carbons (Fsp3) is 0.333. The lowest BCUT2D eigenvalue weighted by atomic mass is 10.1. The van der Waals surface area contributed by atoms with Crippen molar-refractivity contribution in [3.8, 4) is 5.75 Å². The molecule has 1 aromatic heterocycles. The van der Waals surface area contributed by atoms with Crippen molar-refractivity contribution in [3.63, 3.8) is 0 Å². The number of carbonyl (C=O) groups excluding carboxylic acids is 1. The number of hydrogen-bond acceptors (Lipinski definition) is 4. The maximum absolute atomic E-state index is 14.2. The van der Waals surface area contributed by atoms with Gasteiger partial charge in [-0.15, -0.1) is 13.2 Å². The van der Waals surface area contributed by atoms with Gasteiger partial charge in [0.1, 0.15) is 11.6 Å². The molecule has 0 spiro atoms. The number of alkyl halides is 3. The van der Waals surface area contributed by atoms with Crippen LogP contribution in [0.15, 0.2) is 34.9 Å². The summed E-state index contributed by atoms with van der Waals surface area (Å²) in [4.78, 5) is 17.2. The summed E-state index contributed by atoms with van der Waals surface area (Å²) >= 11 is 3.07. The number of pyridine rings is 1. The first-order chi connectivity index (χ1) is 13.5. The first-order valence-electron chi connectivity index (χ1n) is 8.33. The van der Waals surface area contributed by atoms with E-state index in [4.69, 9.17) is 0 Å². The van der Waals surface area contributed by atoms with E-state index >= 15 is 0 Å². The molecule has 1 N–H and O–H groups in total. The third-order valence-corrected chi connectivity index (χ3v) is 4.68. The summed E-state index contributed by atoms with van der Waals surface area (Å²) in [6.07, 6.45) is -3.06. The van der Waals surface area contributed by atoms with Gasteiger partial charge in [-0.05, 0) is 53.0 Å². The van der Waals surface area contributed by atoms with Crippen molar-refractivity contribution >= 4 is 21.8 Å². The molecule has 0 saturated heterocycles. The first-order valence-corrected chi connectivity index (χ1v) is 9.12. The van der Waals surface area contributed by atoms with Crippen LogP contribution >= 0.6 is 15.9 Å². The van der Waals surface area contributed by atoms with Crippen LogP contribution in [-0.4, -0.2) is 39.4 Å². The van der Waals surface area contributed by atoms with Gasteiger partial charge in [0.05, 0.1) is 17.7 Å². The van der Waals surface area contributed by atoms with Crippen LogP contribution in [0.3, 0.4) is 0 Å². The molecule has 2 aromatic rings. The molecule has 3 rings (SSSR count). The average Bonchev–Trinajstić information content (AvgIpc) is 3.34. The van der Waals surface area contributed by atoms with Crippen LogP contribution in [-0.2, 0) is 6.54 Å². The molecule has 1 aliphatic carbocycles. The van der Waals surface area contributed by atoms with E-state index in [1.54, 1.807) is 0 Å². The van der Waals surface area contributed by atoms with Crippen LogP contribution in [0.5, 0.6) is 5.75 Å². The van der Waals surface area contributed by atoms with E-state index in [2.05, 4.69) is 25.7 Å². The Morgan fingerprint density at radius 1 is 1.28 bits per heavy atom. The average molecular weight is 481 g/mol. The lowest BCUT2D eigenvalue weighted by Crippen LogP contribution is -2.38. The van der Waals surface area contributed by atoms with Crippen molar-refractivity contribution in [2.75, 3.05) is 6.54 Å². The van der Waals surface area contributed by atoms with Crippen LogP contribution in [0.4, 0.5) is 22.0 Å². The maximum Gasteiger partial charge on any atom is 0.573 e. The van der Waals surface area contributed by atoms with E-state index in [1.165, 1.54) is 6.07 Å². The second kappa shape index (κ2) is 7.86. The van der Waals surface area contributed by atoms with Crippen molar-refractivity contribution in [1.82, 2.24) is 9.88 Å². The summed E-state index contributed by atoms with van der Waals surface area (Å²) in [5.41, 5.74) is -1.92. The number of rotatable bonds is 6. The van der Waals surface area contributed by atoms with Crippen molar-refractivity contribution in [2.45, 2.75) is 31.3 Å². The number of amides is 1. The number of aromatic nitrogens is 1. The van der Waals surface area contributed by atoms with E-state index in [-0.39, 0.29) is 12.1 Å². The van der Waals surface area contributed by atoms with Crippen molar-refractivity contribution in [2.24, 2.45) is 0 Å². The van der Waals surface area contributed by atoms with Crippen LogP contribution in [0, 0.1) is 11.8 Å². The molecule has 0 unspecified atom stereocenters. The fourth-order valence-corrected chi connectivity index (χ4v) is 3.01. The minimum Gasteiger partial charge on any atom is -0.406 e. The second-order valence-electron chi connectivity index (χ2n) is 6.68. The number of carbonyl (C=O) groups is 1. The zero-order chi connectivity index (χ0) is 21.4. The van der Waals surface area contributed by atoms with Crippen LogP contribution in [0.25, 0.3) is 0 Å². The summed E-state index contributed by atoms with van der Waals surface area (Å²) in [6.45, 7) is -0.754. The minimum atomic E-state index is -4.97. The molecule has 5 nitrogen and oxygen atoms in total. The molecule has 29 heavy (non-hydrogen) atoms. The van der Waals surface area contributed by atoms with Crippen molar-refractivity contribution in [1.29, 1.82) is 0 Å². The Bertz CT molecular complexity index is 934. The lowest BCUT2D eigenvalue weighted by Gasteiger charge is -2.26. The van der Waals surface area contributed by atoms with Gasteiger partial charge >= 0.3 is 6.36 Å². The van der Waals surface area contributed by atoms with Gasteiger partial charge in [-0.25, -0.2) is 9.37 Å². The maximum atomic E-state index is 14.2. The number of halogens is 6. The number of ether oxygens (including phenoxy) is 1. The first kappa shape index (κ1) is 21.4. The Morgan fingerprint density at radius 2 is 1.97 bits per heavy atom. The predicted molar refractivity (Wildman–Crippen MR) is 93.9 cm³/mol.